The lowest BCUT2D eigenvalue weighted by Crippen LogP contribution is -2.24. The van der Waals surface area contributed by atoms with Gasteiger partial charge in [-0.05, 0) is 47.5 Å². The van der Waals surface area contributed by atoms with E-state index in [0.29, 0.717) is 0 Å². The van der Waals surface area contributed by atoms with Crippen LogP contribution in [0, 0.1) is 0 Å². The number of anilines is 3. The van der Waals surface area contributed by atoms with E-state index in [1.54, 1.807) is 0 Å². The van der Waals surface area contributed by atoms with Crippen LogP contribution in [-0.4, -0.2) is 33.2 Å². The largest absolute Gasteiger partial charge is 0.354 e. The predicted molar refractivity (Wildman–Crippen MR) is 146 cm³/mol. The van der Waals surface area contributed by atoms with E-state index in [0.717, 1.165) is 51.8 Å². The van der Waals surface area contributed by atoms with Crippen LogP contribution in [-0.2, 0) is 6.54 Å². The van der Waals surface area contributed by atoms with Gasteiger partial charge >= 0.3 is 0 Å². The summed E-state index contributed by atoms with van der Waals surface area (Å²) in [4.78, 5) is 18.2. The summed E-state index contributed by atoms with van der Waals surface area (Å²) < 4.78 is 2.08. The molecule has 1 aliphatic rings. The van der Waals surface area contributed by atoms with Crippen LogP contribution >= 0.6 is 0 Å². The van der Waals surface area contributed by atoms with Crippen molar-refractivity contribution in [3.63, 3.8) is 0 Å². The molecule has 0 fully saturated rings. The molecule has 0 saturated heterocycles. The summed E-state index contributed by atoms with van der Waals surface area (Å²) in [5.41, 5.74) is 8.99. The second-order valence-electron chi connectivity index (χ2n) is 9.31. The molecule has 6 aromatic rings. The van der Waals surface area contributed by atoms with E-state index in [9.17, 15) is 0 Å². The minimum absolute atomic E-state index is 0.777. The van der Waals surface area contributed by atoms with Crippen molar-refractivity contribution in [2.24, 2.45) is 0 Å². The lowest BCUT2D eigenvalue weighted by molar-refractivity contribution is 0.797. The molecule has 3 aromatic heterocycles. The predicted octanol–water partition coefficient (Wildman–Crippen LogP) is 6.24. The van der Waals surface area contributed by atoms with Crippen molar-refractivity contribution in [3.05, 3.63) is 109 Å². The Bertz CT molecular complexity index is 1710. The third-order valence-corrected chi connectivity index (χ3v) is 6.95. The van der Waals surface area contributed by atoms with Gasteiger partial charge in [-0.15, -0.1) is 0 Å². The van der Waals surface area contributed by atoms with Gasteiger partial charge in [0.05, 0.1) is 41.6 Å². The van der Waals surface area contributed by atoms with Gasteiger partial charge in [0.2, 0.25) is 0 Å². The molecule has 0 spiro atoms. The van der Waals surface area contributed by atoms with Crippen LogP contribution in [0.5, 0.6) is 0 Å². The number of pyridine rings is 2. The topological polar surface area (TPSA) is 50.1 Å². The highest BCUT2D eigenvalue weighted by atomic mass is 15.4. The van der Waals surface area contributed by atoms with Gasteiger partial charge in [0, 0.05) is 54.2 Å². The maximum Gasteiger partial charge on any atom is 0.0950 e. The quantitative estimate of drug-likeness (QED) is 0.307. The molecular weight excluding hydrogens is 444 g/mol. The summed E-state index contributed by atoms with van der Waals surface area (Å²) in [6.07, 6.45) is 9.60. The summed E-state index contributed by atoms with van der Waals surface area (Å²) in [6, 6.07) is 25.8. The number of aromatic nitrogens is 4. The van der Waals surface area contributed by atoms with Crippen molar-refractivity contribution in [2.45, 2.75) is 6.54 Å². The van der Waals surface area contributed by atoms with Crippen LogP contribution < -0.4 is 9.80 Å². The summed E-state index contributed by atoms with van der Waals surface area (Å²) >= 11 is 0. The molecule has 3 aromatic carbocycles. The monoisotopic (exact) mass is 468 g/mol. The zero-order valence-corrected chi connectivity index (χ0v) is 19.9. The van der Waals surface area contributed by atoms with E-state index in [1.807, 2.05) is 43.2 Å². The molecule has 7 rings (SSSR count). The van der Waals surface area contributed by atoms with Gasteiger partial charge in [-0.25, -0.2) is 4.98 Å². The summed E-state index contributed by atoms with van der Waals surface area (Å²) in [6.45, 7) is 1.59. The third kappa shape index (κ3) is 3.46. The van der Waals surface area contributed by atoms with Gasteiger partial charge in [0.15, 0.2) is 0 Å². The van der Waals surface area contributed by atoms with Crippen LogP contribution in [0.15, 0.2) is 104 Å². The molecule has 6 heteroatoms. The number of benzene rings is 3. The fourth-order valence-electron chi connectivity index (χ4n) is 5.08. The van der Waals surface area contributed by atoms with E-state index in [2.05, 4.69) is 92.0 Å². The van der Waals surface area contributed by atoms with Crippen molar-refractivity contribution in [3.8, 4) is 11.1 Å². The molecule has 0 unspecified atom stereocenters. The van der Waals surface area contributed by atoms with E-state index in [4.69, 9.17) is 4.98 Å². The Hall–Kier alpha value is -4.71. The second-order valence-corrected chi connectivity index (χ2v) is 9.31. The third-order valence-electron chi connectivity index (χ3n) is 6.95. The van der Waals surface area contributed by atoms with Gasteiger partial charge in [-0.1, -0.05) is 36.4 Å². The molecule has 4 heterocycles. The SMILES string of the molecule is CN1CN(c2ccc(Cn3ccnc3)cc2)c2c1cnc1ccc(-c3cnc4ccccc4c3)cc21. The van der Waals surface area contributed by atoms with Crippen LogP contribution in [0.2, 0.25) is 0 Å². The van der Waals surface area contributed by atoms with Crippen molar-refractivity contribution in [2.75, 3.05) is 23.5 Å². The summed E-state index contributed by atoms with van der Waals surface area (Å²) in [5.74, 6) is 0. The second kappa shape index (κ2) is 8.20. The maximum absolute atomic E-state index is 4.78. The number of hydrogen-bond donors (Lipinski definition) is 0. The van der Waals surface area contributed by atoms with Crippen molar-refractivity contribution in [1.29, 1.82) is 0 Å². The van der Waals surface area contributed by atoms with Gasteiger partial charge in [-0.3, -0.25) is 9.97 Å². The Morgan fingerprint density at radius 1 is 0.833 bits per heavy atom. The number of hydrogen-bond acceptors (Lipinski definition) is 5. The molecule has 1 aliphatic heterocycles. The molecule has 0 N–H and O–H groups in total. The fourth-order valence-corrected chi connectivity index (χ4v) is 5.08. The van der Waals surface area contributed by atoms with E-state index < -0.39 is 0 Å². The number of para-hydroxylation sites is 1. The molecule has 174 valence electrons. The van der Waals surface area contributed by atoms with Gasteiger partial charge in [0.25, 0.3) is 0 Å². The van der Waals surface area contributed by atoms with Crippen LogP contribution in [0.1, 0.15) is 5.56 Å². The summed E-state index contributed by atoms with van der Waals surface area (Å²) in [7, 11) is 2.12. The molecule has 0 radical (unpaired) electrons. The lowest BCUT2D eigenvalue weighted by Gasteiger charge is -2.21. The number of fused-ring (bicyclic) bond motifs is 4. The number of nitrogens with zero attached hydrogens (tertiary/aromatic N) is 6. The first-order valence-corrected chi connectivity index (χ1v) is 12.0. The molecular formula is C30H24N6. The highest BCUT2D eigenvalue weighted by Gasteiger charge is 2.27. The van der Waals surface area contributed by atoms with Crippen molar-refractivity contribution in [1.82, 2.24) is 19.5 Å². The molecule has 0 atom stereocenters. The molecule has 0 saturated carbocycles. The molecule has 6 nitrogen and oxygen atoms in total. The first-order valence-electron chi connectivity index (χ1n) is 12.0. The van der Waals surface area contributed by atoms with Gasteiger partial charge < -0.3 is 14.4 Å². The van der Waals surface area contributed by atoms with Crippen LogP contribution in [0.4, 0.5) is 17.1 Å². The minimum atomic E-state index is 0.777. The molecule has 0 amide bonds. The lowest BCUT2D eigenvalue weighted by atomic mass is 10.0. The van der Waals surface area contributed by atoms with Crippen LogP contribution in [0.25, 0.3) is 32.9 Å². The summed E-state index contributed by atoms with van der Waals surface area (Å²) in [5, 5.41) is 2.29. The molecule has 36 heavy (non-hydrogen) atoms. The Kier molecular flexibility index (Phi) is 4.70. The smallest absolute Gasteiger partial charge is 0.0950 e. The Balaban J connectivity index is 1.30. The normalized spacial score (nSPS) is 13.0. The first-order chi connectivity index (χ1) is 17.7. The average molecular weight is 469 g/mol. The average Bonchev–Trinajstić information content (AvgIpc) is 3.56. The van der Waals surface area contributed by atoms with E-state index >= 15 is 0 Å². The maximum atomic E-state index is 4.78. The standard InChI is InChI=1S/C30H24N6/c1-34-20-36(25-9-6-21(7-10-25)18-35-13-12-31-19-35)30-26-15-22(8-11-28(26)33-17-29(30)34)24-14-23-4-2-3-5-27(23)32-16-24/h2-17,19H,18,20H2,1H3. The van der Waals surface area contributed by atoms with Gasteiger partial charge in [0.1, 0.15) is 0 Å². The van der Waals surface area contributed by atoms with Crippen LogP contribution in [0.3, 0.4) is 0 Å². The number of rotatable bonds is 4. The Labute approximate surface area is 209 Å². The number of imidazole rings is 1. The minimum Gasteiger partial charge on any atom is -0.354 e. The molecule has 0 bridgehead atoms. The highest BCUT2D eigenvalue weighted by Crippen LogP contribution is 2.44. The first kappa shape index (κ1) is 20.6. The van der Waals surface area contributed by atoms with Crippen molar-refractivity contribution >= 4 is 38.9 Å². The highest BCUT2D eigenvalue weighted by molar-refractivity contribution is 6.04. The van der Waals surface area contributed by atoms with Crippen molar-refractivity contribution < 1.29 is 0 Å². The Morgan fingerprint density at radius 3 is 2.56 bits per heavy atom. The zero-order chi connectivity index (χ0) is 24.1. The molecule has 0 aliphatic carbocycles. The van der Waals surface area contributed by atoms with E-state index in [-0.39, 0.29) is 0 Å². The van der Waals surface area contributed by atoms with Gasteiger partial charge in [-0.2, -0.15) is 0 Å². The fraction of sp³-hybridized carbons (Fsp3) is 0.100. The zero-order valence-electron chi connectivity index (χ0n) is 19.9. The Morgan fingerprint density at radius 2 is 1.69 bits per heavy atom. The van der Waals surface area contributed by atoms with E-state index in [1.165, 1.54) is 16.9 Å².